The van der Waals surface area contributed by atoms with Gasteiger partial charge in [0.05, 0.1) is 34.2 Å². The Bertz CT molecular complexity index is 791. The number of carbonyl (C=O) groups is 1. The van der Waals surface area contributed by atoms with Crippen LogP contribution in [0, 0.1) is 0 Å². The minimum atomic E-state index is -0.552. The average Bonchev–Trinajstić information content (AvgIpc) is 2.44. The zero-order valence-corrected chi connectivity index (χ0v) is 13.7. The number of nitrogens with zero attached hydrogens (tertiary/aromatic N) is 3. The molecule has 0 spiro atoms. The molecule has 1 heterocycles. The Balaban J connectivity index is 2.44. The van der Waals surface area contributed by atoms with Crippen LogP contribution >= 0.6 is 34.8 Å². The predicted octanol–water partition coefficient (Wildman–Crippen LogP) is 2.11. The Kier molecular flexibility index (Phi) is 4.95. The van der Waals surface area contributed by atoms with Crippen molar-refractivity contribution in [1.82, 2.24) is 9.78 Å². The normalized spacial score (nSPS) is 10.5. The number of nitrogens with two attached hydrogens (primary N) is 1. The summed E-state index contributed by atoms with van der Waals surface area (Å²) in [6.45, 7) is 0.0179. The zero-order valence-electron chi connectivity index (χ0n) is 11.4. The zero-order chi connectivity index (χ0) is 16.4. The van der Waals surface area contributed by atoms with E-state index in [0.29, 0.717) is 16.4 Å². The van der Waals surface area contributed by atoms with Crippen LogP contribution in [0.15, 0.2) is 29.2 Å². The second-order valence-electron chi connectivity index (χ2n) is 4.48. The van der Waals surface area contributed by atoms with Gasteiger partial charge in [-0.25, -0.2) is 0 Å². The first-order valence-corrected chi connectivity index (χ1v) is 7.17. The molecular weight excluding hydrogens is 351 g/mol. The highest BCUT2D eigenvalue weighted by atomic mass is 35.5. The molecule has 0 bridgehead atoms. The highest BCUT2D eigenvalue weighted by Crippen LogP contribution is 2.27. The van der Waals surface area contributed by atoms with Crippen molar-refractivity contribution in [2.24, 2.45) is 5.73 Å². The van der Waals surface area contributed by atoms with Crippen molar-refractivity contribution < 1.29 is 4.79 Å². The van der Waals surface area contributed by atoms with Crippen LogP contribution in [0.1, 0.15) is 0 Å². The van der Waals surface area contributed by atoms with E-state index in [1.165, 1.54) is 12.3 Å². The van der Waals surface area contributed by atoms with Crippen molar-refractivity contribution in [3.8, 4) is 5.69 Å². The predicted molar refractivity (Wildman–Crippen MR) is 87.3 cm³/mol. The molecule has 6 nitrogen and oxygen atoms in total. The summed E-state index contributed by atoms with van der Waals surface area (Å²) in [6, 6.07) is 4.81. The molecule has 0 aliphatic rings. The maximum absolute atomic E-state index is 12.0. The summed E-state index contributed by atoms with van der Waals surface area (Å²) in [5.41, 5.74) is 5.61. The third-order valence-corrected chi connectivity index (χ3v) is 3.91. The van der Waals surface area contributed by atoms with Gasteiger partial charge in [0.25, 0.3) is 5.56 Å². The molecular formula is C13H11Cl3N4O2. The van der Waals surface area contributed by atoms with Crippen LogP contribution in [-0.4, -0.2) is 29.3 Å². The molecule has 1 amide bonds. The molecule has 0 unspecified atom stereocenters. The molecule has 9 heteroatoms. The van der Waals surface area contributed by atoms with E-state index in [0.717, 1.165) is 4.68 Å². The topological polar surface area (TPSA) is 81.2 Å². The summed E-state index contributed by atoms with van der Waals surface area (Å²) >= 11 is 17.7. The number of aromatic nitrogens is 2. The van der Waals surface area contributed by atoms with Gasteiger partial charge in [0.15, 0.2) is 0 Å². The number of likely N-dealkylation sites (N-methyl/N-ethyl adjacent to an activating group) is 1. The van der Waals surface area contributed by atoms with Crippen molar-refractivity contribution in [3.63, 3.8) is 0 Å². The molecule has 2 aromatic rings. The monoisotopic (exact) mass is 360 g/mol. The van der Waals surface area contributed by atoms with E-state index < -0.39 is 11.5 Å². The number of primary amides is 1. The number of hydrogen-bond acceptors (Lipinski definition) is 4. The molecule has 0 saturated heterocycles. The maximum atomic E-state index is 12.0. The van der Waals surface area contributed by atoms with Crippen LogP contribution in [0.5, 0.6) is 0 Å². The van der Waals surface area contributed by atoms with E-state index in [1.54, 1.807) is 24.1 Å². The average molecular weight is 362 g/mol. The summed E-state index contributed by atoms with van der Waals surface area (Å²) in [6.07, 6.45) is 1.27. The van der Waals surface area contributed by atoms with Gasteiger partial charge in [0.1, 0.15) is 5.02 Å². The first-order valence-electron chi connectivity index (χ1n) is 6.04. The number of amides is 1. The van der Waals surface area contributed by atoms with Gasteiger partial charge in [-0.1, -0.05) is 34.8 Å². The highest BCUT2D eigenvalue weighted by Gasteiger charge is 2.13. The molecule has 1 aromatic carbocycles. The van der Waals surface area contributed by atoms with E-state index in [9.17, 15) is 9.59 Å². The number of anilines is 1. The fraction of sp³-hybridized carbons (Fsp3) is 0.154. The summed E-state index contributed by atoms with van der Waals surface area (Å²) in [5, 5.41) is 4.20. The molecule has 0 saturated carbocycles. The first-order chi connectivity index (χ1) is 10.3. The van der Waals surface area contributed by atoms with E-state index in [2.05, 4.69) is 5.10 Å². The first kappa shape index (κ1) is 16.6. The second kappa shape index (κ2) is 6.56. The summed E-state index contributed by atoms with van der Waals surface area (Å²) in [5.74, 6) is -0.481. The molecule has 116 valence electrons. The smallest absolute Gasteiger partial charge is 0.291 e. The fourth-order valence-corrected chi connectivity index (χ4v) is 2.43. The van der Waals surface area contributed by atoms with E-state index in [4.69, 9.17) is 40.5 Å². The van der Waals surface area contributed by atoms with Crippen molar-refractivity contribution in [2.45, 2.75) is 0 Å². The molecule has 2 rings (SSSR count). The fourth-order valence-electron chi connectivity index (χ4n) is 1.85. The van der Waals surface area contributed by atoms with Crippen LogP contribution in [0.25, 0.3) is 5.69 Å². The van der Waals surface area contributed by atoms with Gasteiger partial charge in [0.2, 0.25) is 5.91 Å². The van der Waals surface area contributed by atoms with E-state index in [-0.39, 0.29) is 16.6 Å². The molecule has 0 aliphatic carbocycles. The Labute approximate surface area is 141 Å². The molecule has 0 fully saturated rings. The van der Waals surface area contributed by atoms with Crippen LogP contribution in [-0.2, 0) is 4.79 Å². The Morgan fingerprint density at radius 2 is 2.00 bits per heavy atom. The SMILES string of the molecule is CN(CC(N)=O)c1ccc(-n2ncc(Cl)c(Cl)c2=O)cc1Cl. The van der Waals surface area contributed by atoms with E-state index in [1.807, 2.05) is 0 Å². The van der Waals surface area contributed by atoms with Gasteiger partial charge in [0, 0.05) is 7.05 Å². The molecule has 1 aromatic heterocycles. The standard InChI is InChI=1S/C13H11Cl3N4O2/c1-19(6-11(17)21)10-3-2-7(4-8(10)14)20-13(22)12(16)9(15)5-18-20/h2-5H,6H2,1H3,(H2,17,21). The van der Waals surface area contributed by atoms with Crippen molar-refractivity contribution in [1.29, 1.82) is 0 Å². The Morgan fingerprint density at radius 3 is 2.59 bits per heavy atom. The number of benzene rings is 1. The van der Waals surface area contributed by atoms with Crippen LogP contribution in [0.4, 0.5) is 5.69 Å². The van der Waals surface area contributed by atoms with Gasteiger partial charge < -0.3 is 10.6 Å². The quantitative estimate of drug-likeness (QED) is 0.904. The van der Waals surface area contributed by atoms with E-state index >= 15 is 0 Å². The lowest BCUT2D eigenvalue weighted by Gasteiger charge is -2.19. The Morgan fingerprint density at radius 1 is 1.32 bits per heavy atom. The second-order valence-corrected chi connectivity index (χ2v) is 5.67. The summed E-state index contributed by atoms with van der Waals surface area (Å²) in [7, 11) is 1.68. The van der Waals surface area contributed by atoms with Gasteiger partial charge in [-0.3, -0.25) is 9.59 Å². The van der Waals surface area contributed by atoms with Crippen LogP contribution < -0.4 is 16.2 Å². The number of rotatable bonds is 4. The van der Waals surface area contributed by atoms with Crippen molar-refractivity contribution in [3.05, 3.63) is 49.8 Å². The van der Waals surface area contributed by atoms with Crippen molar-refractivity contribution >= 4 is 46.4 Å². The van der Waals surface area contributed by atoms with Gasteiger partial charge in [-0.05, 0) is 18.2 Å². The van der Waals surface area contributed by atoms with Crippen molar-refractivity contribution in [2.75, 3.05) is 18.5 Å². The summed E-state index contributed by atoms with van der Waals surface area (Å²) in [4.78, 5) is 24.6. The van der Waals surface area contributed by atoms with Gasteiger partial charge in [-0.15, -0.1) is 0 Å². The minimum Gasteiger partial charge on any atom is -0.368 e. The molecule has 2 N–H and O–H groups in total. The lowest BCUT2D eigenvalue weighted by Crippen LogP contribution is -2.30. The third-order valence-electron chi connectivity index (χ3n) is 2.86. The van der Waals surface area contributed by atoms with Crippen LogP contribution in [0.3, 0.4) is 0 Å². The highest BCUT2D eigenvalue weighted by molar-refractivity contribution is 6.41. The number of halogens is 3. The number of hydrogen-bond donors (Lipinski definition) is 1. The van der Waals surface area contributed by atoms with Crippen LogP contribution in [0.2, 0.25) is 15.1 Å². The maximum Gasteiger partial charge on any atom is 0.291 e. The Hall–Kier alpha value is -1.76. The molecule has 0 aliphatic heterocycles. The lowest BCUT2D eigenvalue weighted by molar-refractivity contribution is -0.116. The minimum absolute atomic E-state index is 0.0179. The molecule has 0 radical (unpaired) electrons. The summed E-state index contributed by atoms with van der Waals surface area (Å²) < 4.78 is 1.08. The third kappa shape index (κ3) is 3.35. The molecule has 0 atom stereocenters. The largest absolute Gasteiger partial charge is 0.368 e. The van der Waals surface area contributed by atoms with Gasteiger partial charge in [-0.2, -0.15) is 9.78 Å². The molecule has 22 heavy (non-hydrogen) atoms. The van der Waals surface area contributed by atoms with Gasteiger partial charge >= 0.3 is 0 Å². The lowest BCUT2D eigenvalue weighted by atomic mass is 10.2. The number of carbonyl (C=O) groups excluding carboxylic acids is 1.